The topological polar surface area (TPSA) is 47.1 Å². The number of hydrogen-bond acceptors (Lipinski definition) is 3. The Morgan fingerprint density at radius 3 is 2.60 bits per heavy atom. The van der Waals surface area contributed by atoms with Crippen molar-refractivity contribution < 1.29 is 4.39 Å². The van der Waals surface area contributed by atoms with Crippen molar-refractivity contribution in [3.63, 3.8) is 0 Å². The van der Waals surface area contributed by atoms with Gasteiger partial charge in [0, 0.05) is 12.6 Å². The molecular formula is C14H20BrFN4. The Labute approximate surface area is 126 Å². The first-order valence-electron chi connectivity index (χ1n) is 6.58. The lowest BCUT2D eigenvalue weighted by Crippen LogP contribution is -2.29. The van der Waals surface area contributed by atoms with Gasteiger partial charge in [-0.05, 0) is 42.0 Å². The second kappa shape index (κ2) is 5.69. The van der Waals surface area contributed by atoms with Gasteiger partial charge in [-0.3, -0.25) is 0 Å². The van der Waals surface area contributed by atoms with Crippen molar-refractivity contribution in [2.75, 3.05) is 26.4 Å². The maximum Gasteiger partial charge on any atom is 0.201 e. The summed E-state index contributed by atoms with van der Waals surface area (Å²) in [6.07, 6.45) is 0. The van der Waals surface area contributed by atoms with Crippen molar-refractivity contribution in [1.82, 2.24) is 14.5 Å². The average molecular weight is 343 g/mol. The molecule has 1 aromatic carbocycles. The van der Waals surface area contributed by atoms with E-state index in [1.165, 1.54) is 6.07 Å². The van der Waals surface area contributed by atoms with Crippen molar-refractivity contribution in [3.8, 4) is 0 Å². The van der Waals surface area contributed by atoms with Gasteiger partial charge in [0.15, 0.2) is 0 Å². The van der Waals surface area contributed by atoms with Gasteiger partial charge in [-0.15, -0.1) is 0 Å². The first kappa shape index (κ1) is 15.3. The van der Waals surface area contributed by atoms with Gasteiger partial charge in [0.1, 0.15) is 5.82 Å². The molecule has 1 unspecified atom stereocenters. The number of nitrogen functional groups attached to an aromatic ring is 1. The second-order valence-electron chi connectivity index (χ2n) is 5.67. The van der Waals surface area contributed by atoms with E-state index in [4.69, 9.17) is 5.73 Å². The third-order valence-corrected chi connectivity index (χ3v) is 4.02. The maximum atomic E-state index is 13.8. The van der Waals surface area contributed by atoms with Crippen LogP contribution in [0.15, 0.2) is 16.6 Å². The van der Waals surface area contributed by atoms with Crippen molar-refractivity contribution in [2.45, 2.75) is 19.9 Å². The number of rotatable bonds is 4. The molecule has 0 radical (unpaired) electrons. The fourth-order valence-electron chi connectivity index (χ4n) is 2.42. The lowest BCUT2D eigenvalue weighted by Gasteiger charge is -2.27. The van der Waals surface area contributed by atoms with Crippen LogP contribution in [0.5, 0.6) is 0 Å². The van der Waals surface area contributed by atoms with Gasteiger partial charge in [-0.2, -0.15) is 0 Å². The van der Waals surface area contributed by atoms with Crippen LogP contribution < -0.4 is 5.73 Å². The zero-order chi connectivity index (χ0) is 15.0. The summed E-state index contributed by atoms with van der Waals surface area (Å²) in [5, 5.41) is 0. The monoisotopic (exact) mass is 342 g/mol. The molecule has 6 heteroatoms. The van der Waals surface area contributed by atoms with Crippen LogP contribution in [0.4, 0.5) is 10.3 Å². The normalized spacial score (nSPS) is 13.6. The fraction of sp³-hybridized carbons (Fsp3) is 0.500. The lowest BCUT2D eigenvalue weighted by molar-refractivity contribution is 0.275. The van der Waals surface area contributed by atoms with E-state index in [9.17, 15) is 4.39 Å². The molecule has 0 saturated carbocycles. The average Bonchev–Trinajstić information content (AvgIpc) is 2.62. The number of nitrogens with zero attached hydrogens (tertiary/aromatic N) is 3. The minimum atomic E-state index is -0.300. The molecule has 0 aliphatic heterocycles. The molecule has 4 nitrogen and oxygen atoms in total. The van der Waals surface area contributed by atoms with E-state index >= 15 is 0 Å². The molecule has 0 aliphatic carbocycles. The van der Waals surface area contributed by atoms with E-state index in [0.717, 1.165) is 12.1 Å². The van der Waals surface area contributed by atoms with Crippen LogP contribution >= 0.6 is 15.9 Å². The summed E-state index contributed by atoms with van der Waals surface area (Å²) >= 11 is 3.18. The van der Waals surface area contributed by atoms with Crippen LogP contribution in [0.2, 0.25) is 0 Å². The molecule has 0 fully saturated rings. The number of halogens is 2. The van der Waals surface area contributed by atoms with Crippen molar-refractivity contribution in [2.24, 2.45) is 5.92 Å². The number of anilines is 1. The SMILES string of the molecule is CC(C)C(CN(C)C)n1c(N)nc2cc(Br)c(F)cc21. The number of fused-ring (bicyclic) bond motifs is 1. The second-order valence-corrected chi connectivity index (χ2v) is 6.52. The van der Waals surface area contributed by atoms with Crippen molar-refractivity contribution >= 4 is 32.9 Å². The minimum absolute atomic E-state index is 0.149. The third kappa shape index (κ3) is 2.81. The Morgan fingerprint density at radius 1 is 1.40 bits per heavy atom. The summed E-state index contributed by atoms with van der Waals surface area (Å²) < 4.78 is 16.2. The molecule has 2 aromatic rings. The van der Waals surface area contributed by atoms with E-state index < -0.39 is 0 Å². The van der Waals surface area contributed by atoms with E-state index in [1.807, 2.05) is 18.7 Å². The van der Waals surface area contributed by atoms with E-state index in [0.29, 0.717) is 21.9 Å². The quantitative estimate of drug-likeness (QED) is 0.927. The van der Waals surface area contributed by atoms with Gasteiger partial charge >= 0.3 is 0 Å². The molecule has 0 saturated heterocycles. The molecule has 2 rings (SSSR count). The Kier molecular flexibility index (Phi) is 4.34. The summed E-state index contributed by atoms with van der Waals surface area (Å²) in [5.41, 5.74) is 7.51. The zero-order valence-electron chi connectivity index (χ0n) is 12.2. The van der Waals surface area contributed by atoms with Crippen LogP contribution in [-0.2, 0) is 0 Å². The van der Waals surface area contributed by atoms with Gasteiger partial charge in [0.05, 0.1) is 21.5 Å². The summed E-state index contributed by atoms with van der Waals surface area (Å²) in [7, 11) is 4.03. The summed E-state index contributed by atoms with van der Waals surface area (Å²) in [6.45, 7) is 5.09. The highest BCUT2D eigenvalue weighted by Gasteiger charge is 2.22. The van der Waals surface area contributed by atoms with Crippen molar-refractivity contribution in [3.05, 3.63) is 22.4 Å². The molecule has 1 atom stereocenters. The lowest BCUT2D eigenvalue weighted by atomic mass is 10.0. The molecule has 2 N–H and O–H groups in total. The van der Waals surface area contributed by atoms with Gasteiger partial charge in [-0.1, -0.05) is 13.8 Å². The highest BCUT2D eigenvalue weighted by atomic mass is 79.9. The van der Waals surface area contributed by atoms with Crippen LogP contribution in [0.1, 0.15) is 19.9 Å². The predicted octanol–water partition coefficient (Wildman–Crippen LogP) is 3.28. The Balaban J connectivity index is 2.62. The third-order valence-electron chi connectivity index (χ3n) is 3.41. The first-order chi connectivity index (χ1) is 9.31. The largest absolute Gasteiger partial charge is 0.369 e. The molecule has 0 amide bonds. The number of aromatic nitrogens is 2. The number of likely N-dealkylation sites (N-methyl/N-ethyl adjacent to an activating group) is 1. The molecule has 20 heavy (non-hydrogen) atoms. The summed E-state index contributed by atoms with van der Waals surface area (Å²) in [4.78, 5) is 6.45. The molecule has 110 valence electrons. The molecule has 1 heterocycles. The maximum absolute atomic E-state index is 13.8. The molecule has 0 bridgehead atoms. The highest BCUT2D eigenvalue weighted by Crippen LogP contribution is 2.30. The first-order valence-corrected chi connectivity index (χ1v) is 7.37. The summed E-state index contributed by atoms with van der Waals surface area (Å²) in [6, 6.07) is 3.31. The number of benzene rings is 1. The Hall–Kier alpha value is -1.14. The van der Waals surface area contributed by atoms with Crippen LogP contribution in [-0.4, -0.2) is 35.1 Å². The van der Waals surface area contributed by atoms with Gasteiger partial charge in [0.2, 0.25) is 5.95 Å². The predicted molar refractivity (Wildman–Crippen MR) is 84.2 cm³/mol. The van der Waals surface area contributed by atoms with E-state index in [-0.39, 0.29) is 11.9 Å². The molecular weight excluding hydrogens is 323 g/mol. The number of nitrogens with two attached hydrogens (primary N) is 1. The minimum Gasteiger partial charge on any atom is -0.369 e. The fourth-order valence-corrected chi connectivity index (χ4v) is 2.75. The molecule has 0 spiro atoms. The molecule has 0 aliphatic rings. The summed E-state index contributed by atoms with van der Waals surface area (Å²) in [5.74, 6) is 0.493. The smallest absolute Gasteiger partial charge is 0.201 e. The van der Waals surface area contributed by atoms with Gasteiger partial charge in [-0.25, -0.2) is 9.37 Å². The van der Waals surface area contributed by atoms with Gasteiger partial charge < -0.3 is 15.2 Å². The number of imidazole rings is 1. The van der Waals surface area contributed by atoms with Crippen LogP contribution in [0.3, 0.4) is 0 Å². The Bertz CT molecular complexity index is 621. The van der Waals surface area contributed by atoms with Crippen molar-refractivity contribution in [1.29, 1.82) is 0 Å². The number of hydrogen-bond donors (Lipinski definition) is 1. The van der Waals surface area contributed by atoms with Crippen LogP contribution in [0.25, 0.3) is 11.0 Å². The van der Waals surface area contributed by atoms with E-state index in [2.05, 4.69) is 39.7 Å². The Morgan fingerprint density at radius 2 is 2.05 bits per heavy atom. The van der Waals surface area contributed by atoms with E-state index in [1.54, 1.807) is 6.07 Å². The molecule has 1 aromatic heterocycles. The van der Waals surface area contributed by atoms with Crippen LogP contribution in [0, 0.1) is 11.7 Å². The highest BCUT2D eigenvalue weighted by molar-refractivity contribution is 9.10. The standard InChI is InChI=1S/C14H20BrFN4/c1-8(2)13(7-19(3)4)20-12-6-10(16)9(15)5-11(12)18-14(20)17/h5-6,8,13H,7H2,1-4H3,(H2,17,18). The van der Waals surface area contributed by atoms with Gasteiger partial charge in [0.25, 0.3) is 0 Å². The zero-order valence-corrected chi connectivity index (χ0v) is 13.8.